The first kappa shape index (κ1) is 14.1. The van der Waals surface area contributed by atoms with Crippen LogP contribution in [0.25, 0.3) is 0 Å². The Morgan fingerprint density at radius 2 is 1.63 bits per heavy atom. The van der Waals surface area contributed by atoms with Crippen LogP contribution < -0.4 is 10.2 Å². The number of rotatable bonds is 2. The quantitative estimate of drug-likeness (QED) is 0.864. The van der Waals surface area contributed by atoms with Gasteiger partial charge in [0.2, 0.25) is 0 Å². The molecule has 3 nitrogen and oxygen atoms in total. The molecule has 1 heterocycles. The molecule has 6 heteroatoms. The average molecular weight is 274 g/mol. The van der Waals surface area contributed by atoms with E-state index in [-0.39, 0.29) is 5.56 Å². The van der Waals surface area contributed by atoms with Crippen molar-refractivity contribution in [1.29, 1.82) is 0 Å². The highest BCUT2D eigenvalue weighted by atomic mass is 19.4. The van der Waals surface area contributed by atoms with Crippen molar-refractivity contribution in [3.05, 3.63) is 29.8 Å². The standard InChI is InChI=1S/C13H17F3N2O/c1-12(19,13(14,15)16)10-2-4-11(5-3-10)18-8-6-17-7-9-18/h2-5,17,19H,6-9H2,1H3. The zero-order chi connectivity index (χ0) is 14.1. The van der Waals surface area contributed by atoms with Gasteiger partial charge >= 0.3 is 6.18 Å². The second-order valence-corrected chi connectivity index (χ2v) is 4.85. The van der Waals surface area contributed by atoms with Gasteiger partial charge in [-0.15, -0.1) is 0 Å². The predicted molar refractivity (Wildman–Crippen MR) is 67.2 cm³/mol. The number of nitrogens with one attached hydrogen (secondary N) is 1. The molecule has 1 aliphatic heterocycles. The van der Waals surface area contributed by atoms with Crippen LogP contribution in [0.15, 0.2) is 24.3 Å². The first-order valence-corrected chi connectivity index (χ1v) is 6.18. The Bertz CT molecular complexity index is 423. The van der Waals surface area contributed by atoms with Gasteiger partial charge in [-0.3, -0.25) is 0 Å². The Morgan fingerprint density at radius 3 is 2.11 bits per heavy atom. The molecule has 106 valence electrons. The van der Waals surface area contributed by atoms with Crippen molar-refractivity contribution in [2.24, 2.45) is 0 Å². The van der Waals surface area contributed by atoms with Gasteiger partial charge in [-0.1, -0.05) is 12.1 Å². The third-order valence-corrected chi connectivity index (χ3v) is 3.46. The molecule has 2 rings (SSSR count). The molecule has 1 aromatic rings. The van der Waals surface area contributed by atoms with Gasteiger partial charge in [0, 0.05) is 31.9 Å². The van der Waals surface area contributed by atoms with Gasteiger partial charge in [-0.2, -0.15) is 13.2 Å². The third-order valence-electron chi connectivity index (χ3n) is 3.46. The van der Waals surface area contributed by atoms with Gasteiger partial charge in [0.05, 0.1) is 0 Å². The SMILES string of the molecule is CC(O)(c1ccc(N2CCNCC2)cc1)C(F)(F)F. The molecule has 0 radical (unpaired) electrons. The van der Waals surface area contributed by atoms with Crippen molar-refractivity contribution in [2.45, 2.75) is 18.7 Å². The van der Waals surface area contributed by atoms with Gasteiger partial charge in [0.25, 0.3) is 0 Å². The van der Waals surface area contributed by atoms with Crippen LogP contribution in [-0.4, -0.2) is 37.5 Å². The fourth-order valence-corrected chi connectivity index (χ4v) is 2.08. The topological polar surface area (TPSA) is 35.5 Å². The van der Waals surface area contributed by atoms with Gasteiger partial charge in [0.1, 0.15) is 0 Å². The molecule has 1 unspecified atom stereocenters. The number of nitrogens with zero attached hydrogens (tertiary/aromatic N) is 1. The normalized spacial score (nSPS) is 20.2. The highest BCUT2D eigenvalue weighted by Gasteiger charge is 2.51. The van der Waals surface area contributed by atoms with Crippen LogP contribution >= 0.6 is 0 Å². The van der Waals surface area contributed by atoms with E-state index in [0.29, 0.717) is 0 Å². The average Bonchev–Trinajstić information content (AvgIpc) is 2.39. The molecule has 0 bridgehead atoms. The summed E-state index contributed by atoms with van der Waals surface area (Å²) in [5.41, 5.74) is -2.07. The molecule has 2 N–H and O–H groups in total. The van der Waals surface area contributed by atoms with Crippen LogP contribution in [0, 0.1) is 0 Å². The molecular formula is C13H17F3N2O. The second-order valence-electron chi connectivity index (χ2n) is 4.85. The number of hydrogen-bond acceptors (Lipinski definition) is 3. The van der Waals surface area contributed by atoms with Crippen LogP contribution in [0.3, 0.4) is 0 Å². The highest BCUT2D eigenvalue weighted by Crippen LogP contribution is 2.38. The first-order chi connectivity index (χ1) is 8.82. The largest absolute Gasteiger partial charge is 0.421 e. The maximum Gasteiger partial charge on any atom is 0.421 e. The Balaban J connectivity index is 2.18. The third kappa shape index (κ3) is 2.84. The summed E-state index contributed by atoms with van der Waals surface area (Å²) in [6.45, 7) is 4.15. The number of piperazine rings is 1. The van der Waals surface area contributed by atoms with Crippen LogP contribution in [-0.2, 0) is 5.60 Å². The van der Waals surface area contributed by atoms with Crippen molar-refractivity contribution in [2.75, 3.05) is 31.1 Å². The summed E-state index contributed by atoms with van der Waals surface area (Å²) in [6.07, 6.45) is -4.68. The molecule has 1 fully saturated rings. The summed E-state index contributed by atoms with van der Waals surface area (Å²) in [6, 6.07) is 5.93. The summed E-state index contributed by atoms with van der Waals surface area (Å²) < 4.78 is 38.1. The van der Waals surface area contributed by atoms with E-state index in [1.54, 1.807) is 12.1 Å². The Kier molecular flexibility index (Phi) is 3.73. The van der Waals surface area contributed by atoms with Crippen LogP contribution in [0.1, 0.15) is 12.5 Å². The molecule has 0 aliphatic carbocycles. The highest BCUT2D eigenvalue weighted by molar-refractivity contribution is 5.49. The number of benzene rings is 1. The number of alkyl halides is 3. The van der Waals surface area contributed by atoms with E-state index in [9.17, 15) is 18.3 Å². The summed E-state index contributed by atoms with van der Waals surface area (Å²) in [4.78, 5) is 2.10. The van der Waals surface area contributed by atoms with Crippen LogP contribution in [0.2, 0.25) is 0 Å². The lowest BCUT2D eigenvalue weighted by Crippen LogP contribution is -2.43. The Hall–Kier alpha value is -1.27. The first-order valence-electron chi connectivity index (χ1n) is 6.18. The van der Waals surface area contributed by atoms with E-state index < -0.39 is 11.8 Å². The monoisotopic (exact) mass is 274 g/mol. The number of hydrogen-bond donors (Lipinski definition) is 2. The Morgan fingerprint density at radius 1 is 1.11 bits per heavy atom. The Labute approximate surface area is 110 Å². The zero-order valence-corrected chi connectivity index (χ0v) is 10.7. The van der Waals surface area contributed by atoms with E-state index in [4.69, 9.17) is 0 Å². The smallest absolute Gasteiger partial charge is 0.376 e. The van der Waals surface area contributed by atoms with Crippen molar-refractivity contribution in [3.8, 4) is 0 Å². The lowest BCUT2D eigenvalue weighted by Gasteiger charge is -2.31. The van der Waals surface area contributed by atoms with E-state index in [0.717, 1.165) is 38.8 Å². The molecule has 1 atom stereocenters. The number of aliphatic hydroxyl groups is 1. The lowest BCUT2D eigenvalue weighted by atomic mass is 9.95. The zero-order valence-electron chi connectivity index (χ0n) is 10.7. The molecule has 19 heavy (non-hydrogen) atoms. The minimum Gasteiger partial charge on any atom is -0.376 e. The summed E-state index contributed by atoms with van der Waals surface area (Å²) in [5.74, 6) is 0. The fourth-order valence-electron chi connectivity index (χ4n) is 2.08. The molecule has 1 aromatic carbocycles. The van der Waals surface area contributed by atoms with E-state index in [1.807, 2.05) is 0 Å². The predicted octanol–water partition coefficient (Wildman–Crippen LogP) is 1.87. The summed E-state index contributed by atoms with van der Waals surface area (Å²) >= 11 is 0. The minimum absolute atomic E-state index is 0.140. The van der Waals surface area contributed by atoms with Crippen molar-refractivity contribution in [1.82, 2.24) is 5.32 Å². The van der Waals surface area contributed by atoms with E-state index in [1.165, 1.54) is 12.1 Å². The van der Waals surface area contributed by atoms with Gasteiger partial charge in [-0.25, -0.2) is 0 Å². The molecule has 0 aromatic heterocycles. The van der Waals surface area contributed by atoms with Crippen molar-refractivity contribution >= 4 is 5.69 Å². The number of anilines is 1. The van der Waals surface area contributed by atoms with Crippen LogP contribution in [0.4, 0.5) is 18.9 Å². The number of halogens is 3. The second kappa shape index (κ2) is 5.02. The molecular weight excluding hydrogens is 257 g/mol. The van der Waals surface area contributed by atoms with Gasteiger partial charge in [0.15, 0.2) is 5.60 Å². The van der Waals surface area contributed by atoms with Gasteiger partial charge < -0.3 is 15.3 Å². The molecule has 0 saturated carbocycles. The minimum atomic E-state index is -4.68. The van der Waals surface area contributed by atoms with Crippen molar-refractivity contribution in [3.63, 3.8) is 0 Å². The van der Waals surface area contributed by atoms with E-state index in [2.05, 4.69) is 10.2 Å². The maximum absolute atomic E-state index is 12.7. The summed E-state index contributed by atoms with van der Waals surface area (Å²) in [5, 5.41) is 12.8. The van der Waals surface area contributed by atoms with E-state index >= 15 is 0 Å². The lowest BCUT2D eigenvalue weighted by molar-refractivity contribution is -0.258. The molecule has 1 aliphatic rings. The summed E-state index contributed by atoms with van der Waals surface area (Å²) in [7, 11) is 0. The molecule has 0 spiro atoms. The van der Waals surface area contributed by atoms with Gasteiger partial charge in [-0.05, 0) is 24.6 Å². The maximum atomic E-state index is 12.7. The molecule has 0 amide bonds. The van der Waals surface area contributed by atoms with Crippen LogP contribution in [0.5, 0.6) is 0 Å². The molecule has 1 saturated heterocycles. The fraction of sp³-hybridized carbons (Fsp3) is 0.538. The van der Waals surface area contributed by atoms with Crippen molar-refractivity contribution < 1.29 is 18.3 Å².